The molecule has 0 fully saturated rings. The lowest BCUT2D eigenvalue weighted by atomic mass is 9.93. The zero-order valence-electron chi connectivity index (χ0n) is 9.67. The van der Waals surface area contributed by atoms with Crippen molar-refractivity contribution < 1.29 is 14.5 Å². The van der Waals surface area contributed by atoms with Crippen LogP contribution in [0.15, 0.2) is 24.3 Å². The van der Waals surface area contributed by atoms with Gasteiger partial charge in [-0.2, -0.15) is 0 Å². The van der Waals surface area contributed by atoms with Crippen LogP contribution in [0.25, 0.3) is 0 Å². The van der Waals surface area contributed by atoms with Gasteiger partial charge in [-0.25, -0.2) is 0 Å². The van der Waals surface area contributed by atoms with Gasteiger partial charge in [0.25, 0.3) is 5.69 Å². The Morgan fingerprint density at radius 1 is 1.18 bits per heavy atom. The number of Topliss-reactive ketones (excluding diaryl/α,β-unsaturated/α-hetero) is 2. The molecule has 0 amide bonds. The number of hydrogen-bond acceptors (Lipinski definition) is 4. The van der Waals surface area contributed by atoms with Crippen molar-refractivity contribution in [3.8, 4) is 0 Å². The third-order valence-corrected chi connectivity index (χ3v) is 2.57. The normalized spacial score (nSPS) is 10.3. The molecule has 0 spiro atoms. The number of benzene rings is 1. The van der Waals surface area contributed by atoms with E-state index in [0.29, 0.717) is 6.42 Å². The Bertz CT molecular complexity index is 436. The summed E-state index contributed by atoms with van der Waals surface area (Å²) in [5.74, 6) is -1.02. The lowest BCUT2D eigenvalue weighted by molar-refractivity contribution is -0.384. The molecule has 0 aromatic heterocycles. The molecule has 0 aliphatic rings. The summed E-state index contributed by atoms with van der Waals surface area (Å²) in [7, 11) is 0. The van der Waals surface area contributed by atoms with Gasteiger partial charge >= 0.3 is 0 Å². The Kier molecular flexibility index (Phi) is 4.09. The second kappa shape index (κ2) is 5.34. The van der Waals surface area contributed by atoms with Crippen LogP contribution in [-0.2, 0) is 16.0 Å². The molecular weight excluding hydrogens is 222 g/mol. The molecule has 5 heteroatoms. The van der Waals surface area contributed by atoms with Crippen LogP contribution in [0.1, 0.15) is 19.4 Å². The van der Waals surface area contributed by atoms with Crippen LogP contribution in [0.4, 0.5) is 5.69 Å². The summed E-state index contributed by atoms with van der Waals surface area (Å²) < 4.78 is 0. The summed E-state index contributed by atoms with van der Waals surface area (Å²) in [6.45, 7) is 2.74. The second-order valence-corrected chi connectivity index (χ2v) is 3.90. The summed E-state index contributed by atoms with van der Waals surface area (Å²) in [4.78, 5) is 32.4. The highest BCUT2D eigenvalue weighted by Crippen LogP contribution is 2.16. The standard InChI is InChI=1S/C12H13NO4/c1-8(14)12(9(2)15)7-10-3-5-11(6-4-10)13(16)17/h3-6,12H,7H2,1-2H3. The van der Waals surface area contributed by atoms with E-state index in [2.05, 4.69) is 0 Å². The van der Waals surface area contributed by atoms with E-state index in [0.717, 1.165) is 5.56 Å². The lowest BCUT2D eigenvalue weighted by Crippen LogP contribution is -2.21. The van der Waals surface area contributed by atoms with Crippen molar-refractivity contribution in [2.75, 3.05) is 0 Å². The van der Waals surface area contributed by atoms with Crippen LogP contribution >= 0.6 is 0 Å². The molecule has 0 heterocycles. The number of hydrogen-bond donors (Lipinski definition) is 0. The molecule has 90 valence electrons. The maximum Gasteiger partial charge on any atom is 0.269 e. The molecule has 0 aliphatic heterocycles. The first-order valence-electron chi connectivity index (χ1n) is 5.16. The van der Waals surface area contributed by atoms with Gasteiger partial charge in [0, 0.05) is 12.1 Å². The molecule has 0 N–H and O–H groups in total. The summed E-state index contributed by atoms with van der Waals surface area (Å²) in [5.41, 5.74) is 0.738. The zero-order chi connectivity index (χ0) is 13.0. The zero-order valence-corrected chi connectivity index (χ0v) is 9.67. The SMILES string of the molecule is CC(=O)C(Cc1ccc([N+](=O)[O-])cc1)C(C)=O. The van der Waals surface area contributed by atoms with E-state index >= 15 is 0 Å². The van der Waals surface area contributed by atoms with Crippen molar-refractivity contribution in [1.29, 1.82) is 0 Å². The molecular formula is C12H13NO4. The molecule has 17 heavy (non-hydrogen) atoms. The Morgan fingerprint density at radius 3 is 2.00 bits per heavy atom. The van der Waals surface area contributed by atoms with E-state index in [1.54, 1.807) is 12.1 Å². The Morgan fingerprint density at radius 2 is 1.65 bits per heavy atom. The van der Waals surface area contributed by atoms with E-state index < -0.39 is 10.8 Å². The first-order chi connectivity index (χ1) is 7.91. The first kappa shape index (κ1) is 13.0. The molecule has 0 bridgehead atoms. The largest absolute Gasteiger partial charge is 0.299 e. The van der Waals surface area contributed by atoms with Crippen LogP contribution in [0, 0.1) is 16.0 Å². The molecule has 1 rings (SSSR count). The molecule has 1 aromatic rings. The van der Waals surface area contributed by atoms with E-state index in [1.165, 1.54) is 26.0 Å². The highest BCUT2D eigenvalue weighted by atomic mass is 16.6. The van der Waals surface area contributed by atoms with E-state index in [-0.39, 0.29) is 17.3 Å². The minimum absolute atomic E-state index is 0.00375. The van der Waals surface area contributed by atoms with Crippen molar-refractivity contribution in [1.82, 2.24) is 0 Å². The van der Waals surface area contributed by atoms with Crippen LogP contribution in [0.3, 0.4) is 0 Å². The predicted octanol–water partition coefficient (Wildman–Crippen LogP) is 1.93. The molecule has 5 nitrogen and oxygen atoms in total. The number of rotatable bonds is 5. The topological polar surface area (TPSA) is 77.3 Å². The highest BCUT2D eigenvalue weighted by molar-refractivity contribution is 6.00. The minimum atomic E-state index is -0.656. The van der Waals surface area contributed by atoms with Gasteiger partial charge in [0.1, 0.15) is 11.6 Å². The van der Waals surface area contributed by atoms with Crippen LogP contribution in [0.2, 0.25) is 0 Å². The monoisotopic (exact) mass is 235 g/mol. The van der Waals surface area contributed by atoms with Gasteiger partial charge in [0.15, 0.2) is 0 Å². The number of carbonyl (C=O) groups excluding carboxylic acids is 2. The molecule has 0 saturated heterocycles. The summed E-state index contributed by atoms with van der Waals surface area (Å²) in [6.07, 6.45) is 0.294. The summed E-state index contributed by atoms with van der Waals surface area (Å²) in [6, 6.07) is 5.87. The van der Waals surface area contributed by atoms with Gasteiger partial charge in [0.05, 0.1) is 10.8 Å². The number of nitro groups is 1. The number of carbonyl (C=O) groups is 2. The quantitative estimate of drug-likeness (QED) is 0.444. The van der Waals surface area contributed by atoms with Gasteiger partial charge in [-0.05, 0) is 25.8 Å². The Hall–Kier alpha value is -2.04. The summed E-state index contributed by atoms with van der Waals surface area (Å²) >= 11 is 0. The van der Waals surface area contributed by atoms with Gasteiger partial charge in [-0.1, -0.05) is 12.1 Å². The van der Waals surface area contributed by atoms with E-state index in [1.807, 2.05) is 0 Å². The van der Waals surface area contributed by atoms with Gasteiger partial charge < -0.3 is 0 Å². The fourth-order valence-corrected chi connectivity index (χ4v) is 1.56. The molecule has 0 aliphatic carbocycles. The maximum absolute atomic E-state index is 11.2. The third kappa shape index (κ3) is 3.48. The average Bonchev–Trinajstić information content (AvgIpc) is 2.25. The van der Waals surface area contributed by atoms with Crippen LogP contribution in [0.5, 0.6) is 0 Å². The van der Waals surface area contributed by atoms with Crippen molar-refractivity contribution in [2.45, 2.75) is 20.3 Å². The van der Waals surface area contributed by atoms with Crippen molar-refractivity contribution in [3.05, 3.63) is 39.9 Å². The van der Waals surface area contributed by atoms with E-state index in [4.69, 9.17) is 0 Å². The average molecular weight is 235 g/mol. The van der Waals surface area contributed by atoms with Gasteiger partial charge in [-0.15, -0.1) is 0 Å². The van der Waals surface area contributed by atoms with Crippen molar-refractivity contribution in [2.24, 2.45) is 5.92 Å². The smallest absolute Gasteiger partial charge is 0.269 e. The van der Waals surface area contributed by atoms with Gasteiger partial charge in [0.2, 0.25) is 0 Å². The first-order valence-corrected chi connectivity index (χ1v) is 5.16. The van der Waals surface area contributed by atoms with Crippen LogP contribution in [-0.4, -0.2) is 16.5 Å². The number of nitro benzene ring substituents is 1. The highest BCUT2D eigenvalue weighted by Gasteiger charge is 2.20. The minimum Gasteiger partial charge on any atom is -0.299 e. The number of nitrogens with zero attached hydrogens (tertiary/aromatic N) is 1. The number of non-ortho nitro benzene ring substituents is 1. The fourth-order valence-electron chi connectivity index (χ4n) is 1.56. The lowest BCUT2D eigenvalue weighted by Gasteiger charge is -2.09. The van der Waals surface area contributed by atoms with Crippen molar-refractivity contribution >= 4 is 17.3 Å². The maximum atomic E-state index is 11.2. The predicted molar refractivity (Wildman–Crippen MR) is 61.7 cm³/mol. The molecule has 0 radical (unpaired) electrons. The second-order valence-electron chi connectivity index (χ2n) is 3.90. The van der Waals surface area contributed by atoms with Crippen molar-refractivity contribution in [3.63, 3.8) is 0 Å². The summed E-state index contributed by atoms with van der Waals surface area (Å²) in [5, 5.41) is 10.4. The molecule has 0 saturated carbocycles. The van der Waals surface area contributed by atoms with E-state index in [9.17, 15) is 19.7 Å². The third-order valence-electron chi connectivity index (χ3n) is 2.57. The molecule has 0 atom stereocenters. The Labute approximate surface area is 98.6 Å². The number of ketones is 2. The van der Waals surface area contributed by atoms with Gasteiger partial charge in [-0.3, -0.25) is 19.7 Å². The fraction of sp³-hybridized carbons (Fsp3) is 0.333. The molecule has 0 unspecified atom stereocenters. The Balaban J connectivity index is 2.84. The van der Waals surface area contributed by atoms with Crippen LogP contribution < -0.4 is 0 Å². The molecule has 1 aromatic carbocycles.